The molecule has 0 saturated carbocycles. The van der Waals surface area contributed by atoms with Crippen LogP contribution in [0.2, 0.25) is 10.0 Å². The molecule has 1 amide bonds. The fourth-order valence-corrected chi connectivity index (χ4v) is 4.39. The number of morpholine rings is 1. The zero-order valence-corrected chi connectivity index (χ0v) is 24.6. The molecule has 2 heterocycles. The number of hydrogen-bond acceptors (Lipinski definition) is 6. The molecule has 1 aliphatic heterocycles. The minimum absolute atomic E-state index is 0. The van der Waals surface area contributed by atoms with E-state index in [9.17, 15) is 9.59 Å². The van der Waals surface area contributed by atoms with E-state index in [0.717, 1.165) is 18.7 Å². The normalized spacial score (nSPS) is 13.8. The minimum atomic E-state index is -0.461. The van der Waals surface area contributed by atoms with Crippen molar-refractivity contribution >= 4 is 35.2 Å². The molecule has 0 unspecified atom stereocenters. The molecule has 0 bridgehead atoms. The van der Waals surface area contributed by atoms with Gasteiger partial charge in [0.15, 0.2) is 11.7 Å². The third-order valence-corrected chi connectivity index (χ3v) is 6.40. The van der Waals surface area contributed by atoms with Crippen LogP contribution in [0.4, 0.5) is 0 Å². The van der Waals surface area contributed by atoms with Crippen molar-refractivity contribution in [3.05, 3.63) is 86.4 Å². The molecule has 8 nitrogen and oxygen atoms in total. The SMILES string of the molecule is COc1cnn(CCN2CCOCC2)c(=O)c1-c1ccc(C=[C-]NC(=O)c2c(Cl)cccc2Cl)cc1.[Y]. The van der Waals surface area contributed by atoms with Gasteiger partial charge in [-0.2, -0.15) is 11.2 Å². The number of benzene rings is 2. The van der Waals surface area contributed by atoms with Crippen LogP contribution in [0, 0.1) is 6.20 Å². The van der Waals surface area contributed by atoms with Gasteiger partial charge in [0, 0.05) is 68.0 Å². The Morgan fingerprint density at radius 2 is 1.81 bits per heavy atom. The average Bonchev–Trinajstić information content (AvgIpc) is 2.89. The number of nitrogens with one attached hydrogen (secondary N) is 1. The molecule has 11 heteroatoms. The number of hydrogen-bond donors (Lipinski definition) is 1. The first-order valence-electron chi connectivity index (χ1n) is 11.4. The molecule has 0 aliphatic carbocycles. The molecule has 1 radical (unpaired) electrons. The van der Waals surface area contributed by atoms with Crippen molar-refractivity contribution in [3.8, 4) is 16.9 Å². The van der Waals surface area contributed by atoms with E-state index in [0.29, 0.717) is 43.2 Å². The quantitative estimate of drug-likeness (QED) is 0.306. The van der Waals surface area contributed by atoms with Gasteiger partial charge in [0.05, 0.1) is 38.6 Å². The van der Waals surface area contributed by atoms with E-state index in [1.807, 2.05) is 24.3 Å². The molecule has 4 rings (SSSR count). The van der Waals surface area contributed by atoms with E-state index in [1.165, 1.54) is 11.8 Å². The van der Waals surface area contributed by atoms with Crippen molar-refractivity contribution in [1.29, 1.82) is 0 Å². The summed E-state index contributed by atoms with van der Waals surface area (Å²) in [6.45, 7) is 4.27. The molecule has 1 aromatic heterocycles. The largest absolute Gasteiger partial charge is 0.494 e. The predicted octanol–water partition coefficient (Wildman–Crippen LogP) is 3.76. The molecular weight excluding hydrogens is 592 g/mol. The molecule has 1 fully saturated rings. The van der Waals surface area contributed by atoms with Gasteiger partial charge < -0.3 is 19.6 Å². The van der Waals surface area contributed by atoms with Gasteiger partial charge in [0.1, 0.15) is 0 Å². The van der Waals surface area contributed by atoms with E-state index in [2.05, 4.69) is 21.5 Å². The summed E-state index contributed by atoms with van der Waals surface area (Å²) in [5, 5.41) is 7.34. The Bertz CT molecular complexity index is 1290. The number of carbonyl (C=O) groups excluding carboxylic acids is 1. The van der Waals surface area contributed by atoms with E-state index in [-0.39, 0.29) is 53.9 Å². The van der Waals surface area contributed by atoms with Crippen LogP contribution in [0.5, 0.6) is 5.75 Å². The van der Waals surface area contributed by atoms with Crippen molar-refractivity contribution in [1.82, 2.24) is 20.0 Å². The number of carbonyl (C=O) groups is 1. The Morgan fingerprint density at radius 1 is 1.14 bits per heavy atom. The van der Waals surface area contributed by atoms with Crippen LogP contribution in [-0.2, 0) is 44.0 Å². The molecule has 1 aliphatic rings. The zero-order valence-electron chi connectivity index (χ0n) is 20.2. The van der Waals surface area contributed by atoms with Crippen molar-refractivity contribution in [2.24, 2.45) is 0 Å². The molecule has 37 heavy (non-hydrogen) atoms. The van der Waals surface area contributed by atoms with E-state index in [1.54, 1.807) is 30.5 Å². The molecule has 1 N–H and O–H groups in total. The Labute approximate surface area is 250 Å². The number of nitrogens with zero attached hydrogens (tertiary/aromatic N) is 3. The van der Waals surface area contributed by atoms with E-state index >= 15 is 0 Å². The summed E-state index contributed by atoms with van der Waals surface area (Å²) in [4.78, 5) is 27.9. The second-order valence-corrected chi connectivity index (χ2v) is 8.85. The number of aromatic nitrogens is 2. The van der Waals surface area contributed by atoms with Gasteiger partial charge >= 0.3 is 0 Å². The van der Waals surface area contributed by atoms with E-state index in [4.69, 9.17) is 32.7 Å². The summed E-state index contributed by atoms with van der Waals surface area (Å²) in [5.41, 5.74) is 1.87. The topological polar surface area (TPSA) is 85.7 Å². The van der Waals surface area contributed by atoms with Gasteiger partial charge in [-0.05, 0) is 17.7 Å². The molecule has 2 aromatic carbocycles. The summed E-state index contributed by atoms with van der Waals surface area (Å²) in [6, 6.07) is 12.1. The number of ether oxygens (including phenoxy) is 2. The van der Waals surface area contributed by atoms with Gasteiger partial charge in [-0.1, -0.05) is 41.4 Å². The standard InChI is InChI=1S/C26H25Cl2N4O4.Y/c1-35-22-17-30-32(12-11-31-13-15-36-16-14-31)26(34)23(22)19-7-5-18(6-8-19)9-10-29-25(33)24-20(27)3-2-4-21(24)28;/h2-9,17H,11-16H2,1H3,(H,29,33);/q-1;. The van der Waals surface area contributed by atoms with Gasteiger partial charge in [-0.3, -0.25) is 9.69 Å². The van der Waals surface area contributed by atoms with Crippen LogP contribution < -0.4 is 15.6 Å². The van der Waals surface area contributed by atoms with Crippen molar-refractivity contribution < 1.29 is 47.0 Å². The van der Waals surface area contributed by atoms with Crippen molar-refractivity contribution in [3.63, 3.8) is 0 Å². The van der Waals surface area contributed by atoms with Crippen LogP contribution in [0.15, 0.2) is 53.5 Å². The van der Waals surface area contributed by atoms with Gasteiger partial charge in [0.2, 0.25) is 0 Å². The molecule has 0 spiro atoms. The summed E-state index contributed by atoms with van der Waals surface area (Å²) < 4.78 is 12.3. The first kappa shape index (κ1) is 29.5. The molecule has 1 saturated heterocycles. The Kier molecular flexibility index (Phi) is 11.3. The minimum Gasteiger partial charge on any atom is -0.494 e. The van der Waals surface area contributed by atoms with Crippen molar-refractivity contribution in [2.45, 2.75) is 6.54 Å². The Hall–Kier alpha value is -2.07. The maximum absolute atomic E-state index is 13.2. The Morgan fingerprint density at radius 3 is 2.46 bits per heavy atom. The molecule has 0 atom stereocenters. The van der Waals surface area contributed by atoms with Gasteiger partial charge in [0.25, 0.3) is 5.56 Å². The first-order chi connectivity index (χ1) is 17.5. The maximum Gasteiger partial charge on any atom is 0.278 e. The smallest absolute Gasteiger partial charge is 0.278 e. The second kappa shape index (κ2) is 14.2. The summed E-state index contributed by atoms with van der Waals surface area (Å²) >= 11 is 12.1. The van der Waals surface area contributed by atoms with E-state index < -0.39 is 5.91 Å². The predicted molar refractivity (Wildman–Crippen MR) is 139 cm³/mol. The van der Waals surface area contributed by atoms with Crippen LogP contribution >= 0.6 is 23.2 Å². The summed E-state index contributed by atoms with van der Waals surface area (Å²) in [6.07, 6.45) is 5.92. The number of amides is 1. The average molecular weight is 617 g/mol. The van der Waals surface area contributed by atoms with Crippen molar-refractivity contribution in [2.75, 3.05) is 40.0 Å². The van der Waals surface area contributed by atoms with Crippen LogP contribution in [0.1, 0.15) is 15.9 Å². The number of rotatable bonds is 8. The maximum atomic E-state index is 13.2. The molecule has 191 valence electrons. The Balaban J connectivity index is 0.00000380. The fraction of sp³-hybridized carbons (Fsp3) is 0.269. The second-order valence-electron chi connectivity index (χ2n) is 8.03. The third kappa shape index (κ3) is 7.50. The molecular formula is C26H25Cl2N4O4Y-. The van der Waals surface area contributed by atoms with Gasteiger partial charge in [-0.25, -0.2) is 4.68 Å². The summed E-state index contributed by atoms with van der Waals surface area (Å²) in [5.74, 6) is -0.0565. The van der Waals surface area contributed by atoms with Crippen LogP contribution in [0.25, 0.3) is 17.2 Å². The first-order valence-corrected chi connectivity index (χ1v) is 12.1. The summed E-state index contributed by atoms with van der Waals surface area (Å²) in [7, 11) is 1.51. The van der Waals surface area contributed by atoms with Crippen LogP contribution in [0.3, 0.4) is 0 Å². The van der Waals surface area contributed by atoms with Gasteiger partial charge in [-0.15, -0.1) is 23.9 Å². The fourth-order valence-electron chi connectivity index (χ4n) is 3.82. The number of halogens is 2. The molecule has 3 aromatic rings. The monoisotopic (exact) mass is 616 g/mol. The third-order valence-electron chi connectivity index (χ3n) is 5.77. The zero-order chi connectivity index (χ0) is 25.5. The number of methoxy groups -OCH3 is 1. The van der Waals surface area contributed by atoms with Crippen LogP contribution in [-0.4, -0.2) is 60.5 Å².